The lowest BCUT2D eigenvalue weighted by atomic mass is 9.83. The van der Waals surface area contributed by atoms with Gasteiger partial charge in [0.05, 0.1) is 12.2 Å². The van der Waals surface area contributed by atoms with E-state index in [1.807, 2.05) is 0 Å². The summed E-state index contributed by atoms with van der Waals surface area (Å²) in [6, 6.07) is 0. The van der Waals surface area contributed by atoms with Crippen LogP contribution in [0.3, 0.4) is 0 Å². The van der Waals surface area contributed by atoms with Crippen molar-refractivity contribution in [3.63, 3.8) is 0 Å². The molecule has 0 bridgehead atoms. The summed E-state index contributed by atoms with van der Waals surface area (Å²) in [6.07, 6.45) is -1.94. The molecule has 15 heavy (non-hydrogen) atoms. The lowest BCUT2D eigenvalue weighted by Gasteiger charge is -2.45. The van der Waals surface area contributed by atoms with Gasteiger partial charge in [0, 0.05) is 20.6 Å². The maximum Gasteiger partial charge on any atom is 0.183 e. The van der Waals surface area contributed by atoms with Gasteiger partial charge in [-0.05, 0) is 13.8 Å². The van der Waals surface area contributed by atoms with E-state index in [0.717, 1.165) is 0 Å². The maximum atomic E-state index is 10.2. The summed E-state index contributed by atoms with van der Waals surface area (Å²) in [5.74, 6) is 0. The predicted octanol–water partition coefficient (Wildman–Crippen LogP) is -0.105. The van der Waals surface area contributed by atoms with E-state index >= 15 is 0 Å². The van der Waals surface area contributed by atoms with Gasteiger partial charge >= 0.3 is 0 Å². The molecule has 5 heteroatoms. The van der Waals surface area contributed by atoms with E-state index in [1.54, 1.807) is 13.8 Å². The lowest BCUT2D eigenvalue weighted by molar-refractivity contribution is -0.299. The van der Waals surface area contributed by atoms with E-state index < -0.39 is 24.1 Å². The Morgan fingerprint density at radius 1 is 1.40 bits per heavy atom. The summed E-state index contributed by atoms with van der Waals surface area (Å²) < 4.78 is 15.7. The fraction of sp³-hybridized carbons (Fsp3) is 1.00. The second kappa shape index (κ2) is 4.76. The minimum absolute atomic E-state index is 0.292. The Labute approximate surface area is 89.9 Å². The van der Waals surface area contributed by atoms with Gasteiger partial charge in [-0.15, -0.1) is 0 Å². The topological polar surface area (TPSA) is 68.2 Å². The third-order valence-electron chi connectivity index (χ3n) is 3.13. The zero-order valence-corrected chi connectivity index (χ0v) is 9.64. The van der Waals surface area contributed by atoms with Crippen molar-refractivity contribution < 1.29 is 24.4 Å². The zero-order valence-electron chi connectivity index (χ0n) is 9.64. The molecule has 0 unspecified atom stereocenters. The van der Waals surface area contributed by atoms with Crippen LogP contribution >= 0.6 is 0 Å². The quantitative estimate of drug-likeness (QED) is 0.695. The highest BCUT2D eigenvalue weighted by Gasteiger charge is 2.49. The standard InChI is InChI=1S/C10H20O5/c1-6(11)10(12)5-8(13-3)9(14-4)15-7(10)2/h6-9,11-12H,5H2,1-4H3/t6-,7+,8+,9-,10-/m0/s1. The Morgan fingerprint density at radius 2 is 2.00 bits per heavy atom. The van der Waals surface area contributed by atoms with Crippen molar-refractivity contribution in [3.8, 4) is 0 Å². The first kappa shape index (κ1) is 12.9. The molecule has 90 valence electrons. The second-order valence-electron chi connectivity index (χ2n) is 4.03. The van der Waals surface area contributed by atoms with E-state index in [0.29, 0.717) is 6.42 Å². The fourth-order valence-corrected chi connectivity index (χ4v) is 1.90. The third kappa shape index (κ3) is 2.32. The number of aliphatic hydroxyl groups excluding tert-OH is 1. The summed E-state index contributed by atoms with van der Waals surface area (Å²) >= 11 is 0. The number of aliphatic hydroxyl groups is 2. The van der Waals surface area contributed by atoms with Crippen molar-refractivity contribution in [1.29, 1.82) is 0 Å². The van der Waals surface area contributed by atoms with Crippen LogP contribution < -0.4 is 0 Å². The van der Waals surface area contributed by atoms with E-state index in [4.69, 9.17) is 14.2 Å². The second-order valence-corrected chi connectivity index (χ2v) is 4.03. The number of hydrogen-bond acceptors (Lipinski definition) is 5. The minimum Gasteiger partial charge on any atom is -0.390 e. The molecule has 1 saturated heterocycles. The van der Waals surface area contributed by atoms with Crippen LogP contribution in [-0.2, 0) is 14.2 Å². The normalized spacial score (nSPS) is 44.0. The summed E-state index contributed by atoms with van der Waals surface area (Å²) in [4.78, 5) is 0. The molecule has 0 aromatic heterocycles. The molecule has 1 fully saturated rings. The van der Waals surface area contributed by atoms with E-state index in [2.05, 4.69) is 0 Å². The van der Waals surface area contributed by atoms with Gasteiger partial charge in [0.15, 0.2) is 6.29 Å². The summed E-state index contributed by atoms with van der Waals surface area (Å²) in [5.41, 5.74) is -1.28. The molecule has 0 aliphatic carbocycles. The Kier molecular flexibility index (Phi) is 4.08. The van der Waals surface area contributed by atoms with Gasteiger partial charge in [-0.2, -0.15) is 0 Å². The van der Waals surface area contributed by atoms with Crippen LogP contribution in [0.5, 0.6) is 0 Å². The number of hydrogen-bond donors (Lipinski definition) is 2. The molecule has 1 heterocycles. The van der Waals surface area contributed by atoms with Crippen LogP contribution in [0.1, 0.15) is 20.3 Å². The van der Waals surface area contributed by atoms with Crippen LogP contribution in [0, 0.1) is 0 Å². The van der Waals surface area contributed by atoms with Gasteiger partial charge < -0.3 is 24.4 Å². The molecule has 1 rings (SSSR count). The van der Waals surface area contributed by atoms with Crippen molar-refractivity contribution in [2.24, 2.45) is 0 Å². The minimum atomic E-state index is -1.28. The average Bonchev–Trinajstić information content (AvgIpc) is 2.21. The van der Waals surface area contributed by atoms with Crippen molar-refractivity contribution in [2.45, 2.75) is 50.5 Å². The third-order valence-corrected chi connectivity index (χ3v) is 3.13. The Hall–Kier alpha value is -0.200. The van der Waals surface area contributed by atoms with Crippen molar-refractivity contribution >= 4 is 0 Å². The lowest BCUT2D eigenvalue weighted by Crippen LogP contribution is -2.60. The Bertz CT molecular complexity index is 208. The molecule has 0 aromatic carbocycles. The molecule has 5 nitrogen and oxygen atoms in total. The summed E-state index contributed by atoms with van der Waals surface area (Å²) in [7, 11) is 3.05. The van der Waals surface area contributed by atoms with Crippen molar-refractivity contribution in [1.82, 2.24) is 0 Å². The molecule has 0 radical (unpaired) electrons. The van der Waals surface area contributed by atoms with Crippen LogP contribution in [0.15, 0.2) is 0 Å². The highest BCUT2D eigenvalue weighted by Crippen LogP contribution is 2.33. The van der Waals surface area contributed by atoms with Crippen LogP contribution in [0.25, 0.3) is 0 Å². The smallest absolute Gasteiger partial charge is 0.183 e. The number of rotatable bonds is 3. The van der Waals surface area contributed by atoms with Crippen LogP contribution in [0.2, 0.25) is 0 Å². The molecular weight excluding hydrogens is 200 g/mol. The van der Waals surface area contributed by atoms with E-state index in [-0.39, 0.29) is 6.10 Å². The van der Waals surface area contributed by atoms with Crippen LogP contribution in [-0.4, -0.2) is 54.6 Å². The number of methoxy groups -OCH3 is 2. The first-order chi connectivity index (χ1) is 6.95. The van der Waals surface area contributed by atoms with E-state index in [1.165, 1.54) is 14.2 Å². The van der Waals surface area contributed by atoms with Gasteiger partial charge in [-0.25, -0.2) is 0 Å². The van der Waals surface area contributed by atoms with E-state index in [9.17, 15) is 10.2 Å². The largest absolute Gasteiger partial charge is 0.390 e. The Morgan fingerprint density at radius 3 is 2.40 bits per heavy atom. The molecule has 0 saturated carbocycles. The average molecular weight is 220 g/mol. The van der Waals surface area contributed by atoms with Crippen LogP contribution in [0.4, 0.5) is 0 Å². The first-order valence-corrected chi connectivity index (χ1v) is 5.07. The molecule has 2 N–H and O–H groups in total. The number of ether oxygens (including phenoxy) is 3. The zero-order chi connectivity index (χ0) is 11.6. The monoisotopic (exact) mass is 220 g/mol. The highest BCUT2D eigenvalue weighted by atomic mass is 16.7. The van der Waals surface area contributed by atoms with Crippen molar-refractivity contribution in [3.05, 3.63) is 0 Å². The molecular formula is C10H20O5. The van der Waals surface area contributed by atoms with Gasteiger partial charge in [0.2, 0.25) is 0 Å². The molecule has 5 atom stereocenters. The SMILES string of the molecule is CO[C@H]1O[C@H](C)[C@@](O)([C@H](C)O)C[C@H]1OC. The first-order valence-electron chi connectivity index (χ1n) is 5.07. The molecule has 1 aliphatic rings. The molecule has 0 amide bonds. The Balaban J connectivity index is 2.80. The fourth-order valence-electron chi connectivity index (χ4n) is 1.90. The molecule has 0 spiro atoms. The van der Waals surface area contributed by atoms with Gasteiger partial charge in [-0.1, -0.05) is 0 Å². The molecule has 0 aromatic rings. The van der Waals surface area contributed by atoms with Crippen molar-refractivity contribution in [2.75, 3.05) is 14.2 Å². The highest BCUT2D eigenvalue weighted by molar-refractivity contribution is 4.96. The predicted molar refractivity (Wildman–Crippen MR) is 53.4 cm³/mol. The summed E-state index contributed by atoms with van der Waals surface area (Å²) in [5, 5.41) is 19.8. The van der Waals surface area contributed by atoms with Gasteiger partial charge in [0.25, 0.3) is 0 Å². The van der Waals surface area contributed by atoms with Gasteiger partial charge in [0.1, 0.15) is 11.7 Å². The van der Waals surface area contributed by atoms with Gasteiger partial charge in [-0.3, -0.25) is 0 Å². The maximum absolute atomic E-state index is 10.2. The summed E-state index contributed by atoms with van der Waals surface area (Å²) in [6.45, 7) is 3.25. The molecule has 1 aliphatic heterocycles.